The third-order valence-electron chi connectivity index (χ3n) is 7.58. The molecule has 1 aliphatic heterocycles. The van der Waals surface area contributed by atoms with Gasteiger partial charge in [-0.3, -0.25) is 14.8 Å². The molecule has 4 aromatic rings. The molecule has 0 radical (unpaired) electrons. The van der Waals surface area contributed by atoms with E-state index in [0.29, 0.717) is 32.3 Å². The van der Waals surface area contributed by atoms with Gasteiger partial charge in [0.05, 0.1) is 40.1 Å². The highest BCUT2D eigenvalue weighted by molar-refractivity contribution is 7.83. The third kappa shape index (κ3) is 10.0. The highest BCUT2D eigenvalue weighted by Crippen LogP contribution is 2.38. The van der Waals surface area contributed by atoms with Gasteiger partial charge in [-0.25, -0.2) is 22.7 Å². The van der Waals surface area contributed by atoms with Crippen LogP contribution in [0.3, 0.4) is 0 Å². The molecule has 5 rings (SSSR count). The number of hydrogen-bond acceptors (Lipinski definition) is 9. The van der Waals surface area contributed by atoms with Crippen LogP contribution in [0.5, 0.6) is 5.75 Å². The van der Waals surface area contributed by atoms with Crippen LogP contribution < -0.4 is 25.0 Å². The summed E-state index contributed by atoms with van der Waals surface area (Å²) in [5, 5.41) is 7.34. The summed E-state index contributed by atoms with van der Waals surface area (Å²) in [6.07, 6.45) is 4.41. The average molecular weight is 736 g/mol. The molecule has 2 heterocycles. The molecule has 0 saturated heterocycles. The van der Waals surface area contributed by atoms with Crippen molar-refractivity contribution in [1.29, 1.82) is 0 Å². The number of likely N-dealkylation sites (N-methyl/N-ethyl adjacent to an activating group) is 1. The molecule has 51 heavy (non-hydrogen) atoms. The molecule has 0 spiro atoms. The highest BCUT2D eigenvalue weighted by atomic mass is 32.2. The lowest BCUT2D eigenvalue weighted by Gasteiger charge is -2.19. The van der Waals surface area contributed by atoms with Crippen LogP contribution in [0.25, 0.3) is 17.0 Å². The topological polar surface area (TPSA) is 120 Å². The summed E-state index contributed by atoms with van der Waals surface area (Å²) in [6, 6.07) is 17.5. The Bertz CT molecular complexity index is 1880. The minimum atomic E-state index is -1.81. The van der Waals surface area contributed by atoms with E-state index >= 15 is 0 Å². The Hall–Kier alpha value is -4.63. The molecular formula is C37H43F2N7O3S2. The molecule has 0 fully saturated rings. The first-order valence-corrected chi connectivity index (χ1v) is 18.3. The van der Waals surface area contributed by atoms with Gasteiger partial charge in [-0.05, 0) is 70.1 Å². The van der Waals surface area contributed by atoms with Gasteiger partial charge in [0.1, 0.15) is 39.9 Å². The van der Waals surface area contributed by atoms with Crippen molar-refractivity contribution in [2.45, 2.75) is 38.0 Å². The van der Waals surface area contributed by atoms with Crippen molar-refractivity contribution < 1.29 is 22.5 Å². The Morgan fingerprint density at radius 2 is 1.86 bits per heavy atom. The lowest BCUT2D eigenvalue weighted by molar-refractivity contribution is -0.117. The molecule has 1 atom stereocenters. The average Bonchev–Trinajstić information content (AvgIpc) is 3.76. The third-order valence-corrected chi connectivity index (χ3v) is 10.1. The number of carbonyl (C=O) groups excluding carboxylic acids is 1. The molecule has 0 bridgehead atoms. The number of anilines is 2. The Labute approximate surface area is 304 Å². The number of thiazole rings is 1. The van der Waals surface area contributed by atoms with E-state index in [0.717, 1.165) is 68.1 Å². The second kappa shape index (κ2) is 19.1. The standard InChI is InChI=1S/C30H36N6O2S.C7H7F2NOS/c1-6-38-26-16-22-13-15-36(27(37)18-31-4)25(22)17-24(26)34-19-33-14-12-23(32-5)29-28(21-10-8-7-9-11-21)35-30(39-29)20(2)3;1-10-12(11)7-5(8)3-2-4-6(7)9/h7-12,14,16-17,20,31,34H,5-6,13,15,18-19H2,1-4H3;2-4,10H,1H3/b23-12-,33-14-;. The molecule has 1 unspecified atom stereocenters. The number of benzene rings is 3. The van der Waals surface area contributed by atoms with Gasteiger partial charge in [0.15, 0.2) is 0 Å². The van der Waals surface area contributed by atoms with Crippen molar-refractivity contribution >= 4 is 58.2 Å². The van der Waals surface area contributed by atoms with Gasteiger partial charge in [-0.2, -0.15) is 0 Å². The molecular weight excluding hydrogens is 693 g/mol. The van der Waals surface area contributed by atoms with E-state index in [1.165, 1.54) is 13.1 Å². The lowest BCUT2D eigenvalue weighted by Crippen LogP contribution is -2.35. The van der Waals surface area contributed by atoms with Crippen molar-refractivity contribution in [2.24, 2.45) is 9.98 Å². The molecule has 270 valence electrons. The number of carbonyl (C=O) groups is 1. The first kappa shape index (κ1) is 39.2. The first-order chi connectivity index (χ1) is 24.6. The van der Waals surface area contributed by atoms with E-state index in [1.54, 1.807) is 24.6 Å². The summed E-state index contributed by atoms with van der Waals surface area (Å²) in [5.74, 6) is -0.480. The summed E-state index contributed by atoms with van der Waals surface area (Å²) >= 11 is 1.64. The molecule has 0 saturated carbocycles. The minimum absolute atomic E-state index is 0.0533. The van der Waals surface area contributed by atoms with Gasteiger partial charge < -0.3 is 20.3 Å². The number of fused-ring (bicyclic) bond motifs is 1. The molecule has 3 aromatic carbocycles. The Morgan fingerprint density at radius 1 is 1.14 bits per heavy atom. The largest absolute Gasteiger partial charge is 0.492 e. The quantitative estimate of drug-likeness (QED) is 0.122. The number of amides is 1. The zero-order valence-corrected chi connectivity index (χ0v) is 31.0. The fourth-order valence-corrected chi connectivity index (χ4v) is 6.92. The molecule has 1 aromatic heterocycles. The summed E-state index contributed by atoms with van der Waals surface area (Å²) in [7, 11) is 1.33. The second-order valence-electron chi connectivity index (χ2n) is 11.4. The van der Waals surface area contributed by atoms with Gasteiger partial charge >= 0.3 is 0 Å². The molecule has 10 nitrogen and oxygen atoms in total. The summed E-state index contributed by atoms with van der Waals surface area (Å²) in [6.45, 7) is 11.9. The van der Waals surface area contributed by atoms with E-state index in [4.69, 9.17) is 9.72 Å². The fourth-order valence-electron chi connectivity index (χ4n) is 5.15. The van der Waals surface area contributed by atoms with E-state index in [-0.39, 0.29) is 5.91 Å². The zero-order chi connectivity index (χ0) is 36.9. The van der Waals surface area contributed by atoms with Crippen LogP contribution in [-0.2, 0) is 22.2 Å². The van der Waals surface area contributed by atoms with E-state index in [1.807, 2.05) is 48.2 Å². The van der Waals surface area contributed by atoms with Gasteiger partial charge in [0.25, 0.3) is 0 Å². The van der Waals surface area contributed by atoms with Gasteiger partial charge in [0.2, 0.25) is 5.91 Å². The van der Waals surface area contributed by atoms with Crippen molar-refractivity contribution in [1.82, 2.24) is 15.0 Å². The maximum Gasteiger partial charge on any atom is 0.240 e. The van der Waals surface area contributed by atoms with Crippen molar-refractivity contribution in [2.75, 3.05) is 50.7 Å². The maximum absolute atomic E-state index is 12.8. The number of rotatable bonds is 14. The van der Waals surface area contributed by atoms with Gasteiger partial charge in [-0.15, -0.1) is 11.3 Å². The van der Waals surface area contributed by atoms with E-state index < -0.39 is 27.5 Å². The van der Waals surface area contributed by atoms with Gasteiger partial charge in [-0.1, -0.05) is 50.2 Å². The summed E-state index contributed by atoms with van der Waals surface area (Å²) < 4.78 is 44.7. The Kier molecular flexibility index (Phi) is 14.7. The van der Waals surface area contributed by atoms with Crippen molar-refractivity contribution in [3.05, 3.63) is 93.8 Å². The molecule has 14 heteroatoms. The highest BCUT2D eigenvalue weighted by Gasteiger charge is 2.26. The first-order valence-electron chi connectivity index (χ1n) is 16.4. The maximum atomic E-state index is 12.8. The Morgan fingerprint density at radius 3 is 2.49 bits per heavy atom. The normalized spacial score (nSPS) is 13.2. The van der Waals surface area contributed by atoms with Crippen molar-refractivity contribution in [3.63, 3.8) is 0 Å². The molecule has 0 aliphatic carbocycles. The van der Waals surface area contributed by atoms with Crippen LogP contribution >= 0.6 is 11.3 Å². The number of ether oxygens (including phenoxy) is 1. The smallest absolute Gasteiger partial charge is 0.240 e. The molecule has 3 N–H and O–H groups in total. The minimum Gasteiger partial charge on any atom is -0.492 e. The number of aromatic nitrogens is 1. The van der Waals surface area contributed by atoms with Crippen LogP contribution in [0.4, 0.5) is 20.2 Å². The van der Waals surface area contributed by atoms with E-state index in [2.05, 4.69) is 58.0 Å². The monoisotopic (exact) mass is 735 g/mol. The predicted octanol–water partition coefficient (Wildman–Crippen LogP) is 6.83. The zero-order valence-electron chi connectivity index (χ0n) is 29.3. The van der Waals surface area contributed by atoms with Gasteiger partial charge in [0, 0.05) is 29.9 Å². The van der Waals surface area contributed by atoms with Crippen LogP contribution in [-0.4, -0.2) is 68.5 Å². The number of nitrogens with zero attached hydrogens (tertiary/aromatic N) is 4. The number of halogens is 2. The number of hydrogen-bond donors (Lipinski definition) is 3. The van der Waals surface area contributed by atoms with E-state index in [9.17, 15) is 17.8 Å². The fraction of sp³-hybridized carbons (Fsp3) is 0.297. The second-order valence-corrected chi connectivity index (χ2v) is 13.8. The van der Waals surface area contributed by atoms with Crippen LogP contribution in [0, 0.1) is 11.6 Å². The van der Waals surface area contributed by atoms with Crippen LogP contribution in [0.15, 0.2) is 81.6 Å². The van der Waals surface area contributed by atoms with Crippen LogP contribution in [0.1, 0.15) is 42.1 Å². The number of aliphatic imine (C=N–C) groups is 2. The van der Waals surface area contributed by atoms with Crippen molar-refractivity contribution in [3.8, 4) is 17.0 Å². The molecule has 1 aliphatic rings. The summed E-state index contributed by atoms with van der Waals surface area (Å²) in [5.41, 5.74) is 5.52. The number of nitrogens with one attached hydrogen (secondary N) is 3. The lowest BCUT2D eigenvalue weighted by atomic mass is 10.1. The Balaban J connectivity index is 0.000000411. The molecule has 1 amide bonds. The predicted molar refractivity (Wildman–Crippen MR) is 206 cm³/mol. The summed E-state index contributed by atoms with van der Waals surface area (Å²) in [4.78, 5) is 28.7. The number of allylic oxidation sites excluding steroid dienone is 1. The van der Waals surface area contributed by atoms with Crippen LogP contribution in [0.2, 0.25) is 0 Å². The SMILES string of the molecule is C=N/C(=C\C=N/CNc1cc2c(cc1OCC)CCN2C(=O)CNC)c1sc(C(C)C)nc1-c1ccccc1.CNS(=O)c1c(F)cccc1F.